The van der Waals surface area contributed by atoms with Crippen molar-refractivity contribution >= 4 is 17.1 Å². The van der Waals surface area contributed by atoms with Gasteiger partial charge in [-0.15, -0.1) is 10.2 Å². The highest BCUT2D eigenvalue weighted by Crippen LogP contribution is 2.26. The van der Waals surface area contributed by atoms with E-state index >= 15 is 0 Å². The summed E-state index contributed by atoms with van der Waals surface area (Å²) in [5.41, 5.74) is 2.06. The quantitative estimate of drug-likeness (QED) is 0.442. The smallest absolute Gasteiger partial charge is 0.330 e. The third kappa shape index (κ3) is 3.95. The van der Waals surface area contributed by atoms with Crippen LogP contribution < -0.4 is 5.69 Å². The van der Waals surface area contributed by atoms with Crippen LogP contribution in [-0.4, -0.2) is 53.2 Å². The zero-order valence-corrected chi connectivity index (χ0v) is 18.3. The highest BCUT2D eigenvalue weighted by molar-refractivity contribution is 5.73. The molecule has 1 fully saturated rings. The molecule has 0 N–H and O–H groups in total. The molecule has 5 heterocycles. The number of alkyl halides is 2. The Morgan fingerprint density at radius 3 is 2.62 bits per heavy atom. The maximum absolute atomic E-state index is 13.4. The summed E-state index contributed by atoms with van der Waals surface area (Å²) in [6, 6.07) is 6.92. The van der Waals surface area contributed by atoms with Crippen molar-refractivity contribution in [3.8, 4) is 11.5 Å². The minimum Gasteiger partial charge on any atom is -0.415 e. The third-order valence-corrected chi connectivity index (χ3v) is 6.01. The molecular weight excluding hydrogens is 448 g/mol. The van der Waals surface area contributed by atoms with E-state index in [-0.39, 0.29) is 30.1 Å². The van der Waals surface area contributed by atoms with Gasteiger partial charge in [0.1, 0.15) is 0 Å². The van der Waals surface area contributed by atoms with Gasteiger partial charge < -0.3 is 9.32 Å². The molecular formula is C22H21F2N7O3. The number of amides is 1. The van der Waals surface area contributed by atoms with Gasteiger partial charge in [-0.05, 0) is 37.1 Å². The van der Waals surface area contributed by atoms with E-state index in [0.717, 1.165) is 5.52 Å². The SMILES string of the molecule is CC(=O)N1CCC(n2c(=O)n(Cc3ccc(-c4nnc(C(F)F)o4)cn3)c3ncccc32)CC1. The van der Waals surface area contributed by atoms with Crippen molar-refractivity contribution < 1.29 is 18.0 Å². The van der Waals surface area contributed by atoms with Crippen LogP contribution >= 0.6 is 0 Å². The number of carbonyl (C=O) groups excluding carboxylic acids is 1. The second-order valence-electron chi connectivity index (χ2n) is 8.11. The van der Waals surface area contributed by atoms with Crippen LogP contribution in [0.25, 0.3) is 22.6 Å². The van der Waals surface area contributed by atoms with Crippen molar-refractivity contribution in [2.45, 2.75) is 38.8 Å². The van der Waals surface area contributed by atoms with Gasteiger partial charge >= 0.3 is 12.1 Å². The average molecular weight is 469 g/mol. The van der Waals surface area contributed by atoms with E-state index in [4.69, 9.17) is 4.42 Å². The molecule has 34 heavy (non-hydrogen) atoms. The number of hydrogen-bond acceptors (Lipinski definition) is 7. The van der Waals surface area contributed by atoms with Crippen LogP contribution in [0.15, 0.2) is 45.9 Å². The topological polar surface area (TPSA) is 112 Å². The molecule has 4 aromatic heterocycles. The summed E-state index contributed by atoms with van der Waals surface area (Å²) < 4.78 is 33.7. The molecule has 4 aromatic rings. The van der Waals surface area contributed by atoms with Crippen molar-refractivity contribution in [3.63, 3.8) is 0 Å². The van der Waals surface area contributed by atoms with Gasteiger partial charge in [-0.25, -0.2) is 9.78 Å². The van der Waals surface area contributed by atoms with Crippen molar-refractivity contribution in [1.82, 2.24) is 34.2 Å². The summed E-state index contributed by atoms with van der Waals surface area (Å²) in [5, 5.41) is 6.93. The summed E-state index contributed by atoms with van der Waals surface area (Å²) in [5.74, 6) is -0.768. The number of piperidine rings is 1. The standard InChI is InChI=1S/C22H21F2N7O3/c1-13(32)29-9-6-16(7-10-29)31-17-3-2-8-25-19(17)30(22(31)33)12-15-5-4-14(11-26-15)20-27-28-21(34-20)18(23)24/h2-5,8,11,16,18H,6-7,9-10,12H2,1H3. The molecule has 0 bridgehead atoms. The van der Waals surface area contributed by atoms with E-state index in [1.807, 2.05) is 6.07 Å². The number of rotatable bonds is 5. The van der Waals surface area contributed by atoms with Gasteiger partial charge in [0.2, 0.25) is 11.8 Å². The molecule has 0 aliphatic carbocycles. The van der Waals surface area contributed by atoms with E-state index in [1.165, 1.54) is 6.20 Å². The number of hydrogen-bond donors (Lipinski definition) is 0. The fraction of sp³-hybridized carbons (Fsp3) is 0.364. The average Bonchev–Trinajstić information content (AvgIpc) is 3.44. The van der Waals surface area contributed by atoms with Gasteiger partial charge in [-0.1, -0.05) is 0 Å². The maximum atomic E-state index is 13.4. The van der Waals surface area contributed by atoms with Crippen LogP contribution in [-0.2, 0) is 11.3 Å². The Balaban J connectivity index is 1.43. The Labute approximate surface area is 191 Å². The van der Waals surface area contributed by atoms with E-state index in [1.54, 1.807) is 45.4 Å². The third-order valence-electron chi connectivity index (χ3n) is 6.01. The zero-order valence-electron chi connectivity index (χ0n) is 18.3. The molecule has 0 radical (unpaired) electrons. The second kappa shape index (κ2) is 8.76. The first kappa shape index (κ1) is 21.9. The van der Waals surface area contributed by atoms with Gasteiger partial charge in [-0.3, -0.25) is 18.9 Å². The highest BCUT2D eigenvalue weighted by Gasteiger charge is 2.26. The maximum Gasteiger partial charge on any atom is 0.330 e. The Bertz CT molecular complexity index is 1390. The lowest BCUT2D eigenvalue weighted by molar-refractivity contribution is -0.130. The van der Waals surface area contributed by atoms with Crippen LogP contribution in [0, 0.1) is 0 Å². The number of imidazole rings is 1. The molecule has 0 spiro atoms. The van der Waals surface area contributed by atoms with Gasteiger partial charge in [0, 0.05) is 38.4 Å². The Hall–Kier alpha value is -3.96. The predicted octanol–water partition coefficient (Wildman–Crippen LogP) is 2.81. The highest BCUT2D eigenvalue weighted by atomic mass is 19.3. The van der Waals surface area contributed by atoms with E-state index < -0.39 is 12.3 Å². The summed E-state index contributed by atoms with van der Waals surface area (Å²) in [6.45, 7) is 2.94. The van der Waals surface area contributed by atoms with Crippen LogP contribution in [0.2, 0.25) is 0 Å². The van der Waals surface area contributed by atoms with E-state index in [0.29, 0.717) is 42.8 Å². The number of halogens is 2. The first-order valence-electron chi connectivity index (χ1n) is 10.8. The molecule has 1 aliphatic rings. The lowest BCUT2D eigenvalue weighted by Gasteiger charge is -2.31. The Morgan fingerprint density at radius 2 is 1.97 bits per heavy atom. The fourth-order valence-electron chi connectivity index (χ4n) is 4.29. The minimum atomic E-state index is -2.85. The summed E-state index contributed by atoms with van der Waals surface area (Å²) in [4.78, 5) is 35.7. The zero-order chi connectivity index (χ0) is 23.8. The molecule has 1 aliphatic heterocycles. The number of fused-ring (bicyclic) bond motifs is 1. The van der Waals surface area contributed by atoms with Gasteiger partial charge in [0.05, 0.1) is 23.3 Å². The molecule has 5 rings (SSSR count). The minimum absolute atomic E-state index is 0.0343. The number of nitrogens with zero attached hydrogens (tertiary/aromatic N) is 7. The molecule has 10 nitrogen and oxygen atoms in total. The number of carbonyl (C=O) groups is 1. The van der Waals surface area contributed by atoms with Crippen LogP contribution in [0.4, 0.5) is 8.78 Å². The second-order valence-corrected chi connectivity index (χ2v) is 8.11. The van der Waals surface area contributed by atoms with Crippen LogP contribution in [0.5, 0.6) is 0 Å². The fourth-order valence-corrected chi connectivity index (χ4v) is 4.29. The van der Waals surface area contributed by atoms with Crippen molar-refractivity contribution in [2.75, 3.05) is 13.1 Å². The number of aromatic nitrogens is 6. The molecule has 0 aromatic carbocycles. The summed E-state index contributed by atoms with van der Waals surface area (Å²) in [7, 11) is 0. The normalized spacial score (nSPS) is 14.9. The predicted molar refractivity (Wildman–Crippen MR) is 116 cm³/mol. The lowest BCUT2D eigenvalue weighted by atomic mass is 10.0. The van der Waals surface area contributed by atoms with Gasteiger partial charge in [0.15, 0.2) is 5.65 Å². The summed E-state index contributed by atoms with van der Waals surface area (Å²) >= 11 is 0. The van der Waals surface area contributed by atoms with Crippen LogP contribution in [0.3, 0.4) is 0 Å². The molecule has 12 heteroatoms. The summed E-state index contributed by atoms with van der Waals surface area (Å²) in [6.07, 6.45) is 1.59. The molecule has 0 saturated carbocycles. The van der Waals surface area contributed by atoms with E-state index in [2.05, 4.69) is 20.2 Å². The Kier molecular flexibility index (Phi) is 5.64. The lowest BCUT2D eigenvalue weighted by Crippen LogP contribution is -2.40. The van der Waals surface area contributed by atoms with Crippen LogP contribution in [0.1, 0.15) is 43.8 Å². The monoisotopic (exact) mass is 469 g/mol. The Morgan fingerprint density at radius 1 is 1.18 bits per heavy atom. The van der Waals surface area contributed by atoms with Gasteiger partial charge in [0.25, 0.3) is 5.89 Å². The van der Waals surface area contributed by atoms with Crippen molar-refractivity contribution in [3.05, 3.63) is 58.7 Å². The van der Waals surface area contributed by atoms with Crippen molar-refractivity contribution in [2.24, 2.45) is 0 Å². The first-order valence-corrected chi connectivity index (χ1v) is 10.8. The van der Waals surface area contributed by atoms with E-state index in [9.17, 15) is 18.4 Å². The molecule has 1 amide bonds. The molecule has 176 valence electrons. The molecule has 1 saturated heterocycles. The molecule has 0 atom stereocenters. The van der Waals surface area contributed by atoms with Gasteiger partial charge in [-0.2, -0.15) is 8.78 Å². The molecule has 0 unspecified atom stereocenters. The van der Waals surface area contributed by atoms with Crippen molar-refractivity contribution in [1.29, 1.82) is 0 Å². The first-order chi connectivity index (χ1) is 16.4. The number of likely N-dealkylation sites (tertiary alicyclic amines) is 1. The number of pyridine rings is 2. The largest absolute Gasteiger partial charge is 0.415 e.